The van der Waals surface area contributed by atoms with Crippen molar-refractivity contribution in [1.29, 1.82) is 0 Å². The number of benzene rings is 1. The number of aliphatic carboxylic acids is 1. The lowest BCUT2D eigenvalue weighted by atomic mass is 9.99. The lowest BCUT2D eigenvalue weighted by Crippen LogP contribution is -2.46. The van der Waals surface area contributed by atoms with Gasteiger partial charge in [0.1, 0.15) is 6.04 Å². The van der Waals surface area contributed by atoms with Crippen molar-refractivity contribution >= 4 is 18.0 Å². The summed E-state index contributed by atoms with van der Waals surface area (Å²) in [6.07, 6.45) is 0. The van der Waals surface area contributed by atoms with Crippen LogP contribution in [0.3, 0.4) is 0 Å². The average molecular weight is 294 g/mol. The third-order valence-corrected chi connectivity index (χ3v) is 2.87. The Morgan fingerprint density at radius 1 is 1.24 bits per heavy atom. The lowest BCUT2D eigenvalue weighted by molar-refractivity contribution is -0.142. The summed E-state index contributed by atoms with van der Waals surface area (Å²) in [6, 6.07) is 7.14. The van der Waals surface area contributed by atoms with Gasteiger partial charge in [0.25, 0.3) is 0 Å². The molecule has 1 rings (SSSR count). The fourth-order valence-corrected chi connectivity index (χ4v) is 1.71. The van der Waals surface area contributed by atoms with Gasteiger partial charge in [-0.05, 0) is 12.5 Å². The Morgan fingerprint density at radius 3 is 2.38 bits per heavy atom. The highest BCUT2D eigenvalue weighted by atomic mass is 16.5. The van der Waals surface area contributed by atoms with E-state index >= 15 is 0 Å². The molecule has 1 aromatic carbocycles. The van der Waals surface area contributed by atoms with Crippen LogP contribution in [-0.2, 0) is 14.3 Å². The number of methoxy groups -OCH3 is 1. The molecular weight excluding hydrogens is 276 g/mol. The molecule has 0 aliphatic heterocycles. The van der Waals surface area contributed by atoms with Gasteiger partial charge in [-0.2, -0.15) is 0 Å². The van der Waals surface area contributed by atoms with Crippen LogP contribution in [0, 0.1) is 0 Å². The van der Waals surface area contributed by atoms with Gasteiger partial charge in [-0.25, -0.2) is 9.59 Å². The Morgan fingerprint density at radius 2 is 1.86 bits per heavy atom. The maximum atomic E-state index is 11.6. The first-order valence-electron chi connectivity index (χ1n) is 6.35. The van der Waals surface area contributed by atoms with Crippen molar-refractivity contribution in [3.05, 3.63) is 35.9 Å². The van der Waals surface area contributed by atoms with E-state index in [1.165, 1.54) is 14.0 Å². The Hall–Kier alpha value is -2.57. The second-order valence-electron chi connectivity index (χ2n) is 4.40. The van der Waals surface area contributed by atoms with Crippen molar-refractivity contribution in [2.75, 3.05) is 13.7 Å². The molecule has 114 valence electrons. The van der Waals surface area contributed by atoms with Crippen molar-refractivity contribution in [2.45, 2.75) is 18.9 Å². The van der Waals surface area contributed by atoms with Crippen LogP contribution in [0.25, 0.3) is 0 Å². The molecule has 1 aromatic rings. The molecule has 0 saturated heterocycles. The third kappa shape index (κ3) is 5.13. The molecule has 2 amide bonds. The van der Waals surface area contributed by atoms with Gasteiger partial charge < -0.3 is 20.5 Å². The molecule has 7 heteroatoms. The number of carboxylic acids is 1. The molecule has 0 fully saturated rings. The highest BCUT2D eigenvalue weighted by Gasteiger charge is 2.21. The number of amides is 2. The highest BCUT2D eigenvalue weighted by molar-refractivity contribution is 5.84. The van der Waals surface area contributed by atoms with Crippen molar-refractivity contribution in [3.63, 3.8) is 0 Å². The predicted molar refractivity (Wildman–Crippen MR) is 74.8 cm³/mol. The number of esters is 1. The van der Waals surface area contributed by atoms with Gasteiger partial charge in [0.15, 0.2) is 0 Å². The van der Waals surface area contributed by atoms with Crippen LogP contribution in [0.4, 0.5) is 4.79 Å². The standard InChI is InChI=1S/C14H18N2O5/c1-9(13(19)21-2)16-14(20)15-8-11(12(17)18)10-6-4-3-5-7-10/h3-7,9,11H,8H2,1-2H3,(H,17,18)(H2,15,16,20). The van der Waals surface area contributed by atoms with Gasteiger partial charge in [-0.1, -0.05) is 30.3 Å². The molecule has 0 bridgehead atoms. The predicted octanol–water partition coefficient (Wildman–Crippen LogP) is 0.716. The van der Waals surface area contributed by atoms with Crippen LogP contribution in [0.5, 0.6) is 0 Å². The monoisotopic (exact) mass is 294 g/mol. The molecule has 0 aromatic heterocycles. The van der Waals surface area contributed by atoms with Crippen molar-refractivity contribution in [1.82, 2.24) is 10.6 Å². The number of carboxylic acid groups (broad SMARTS) is 1. The summed E-state index contributed by atoms with van der Waals surface area (Å²) in [4.78, 5) is 34.0. The second-order valence-corrected chi connectivity index (χ2v) is 4.40. The molecule has 0 heterocycles. The number of carbonyl (C=O) groups excluding carboxylic acids is 2. The number of hydrogen-bond acceptors (Lipinski definition) is 4. The van der Waals surface area contributed by atoms with Crippen molar-refractivity contribution in [2.24, 2.45) is 0 Å². The molecule has 2 unspecified atom stereocenters. The highest BCUT2D eigenvalue weighted by Crippen LogP contribution is 2.14. The first-order valence-corrected chi connectivity index (χ1v) is 6.35. The fraction of sp³-hybridized carbons (Fsp3) is 0.357. The number of rotatable bonds is 6. The van der Waals surface area contributed by atoms with E-state index in [9.17, 15) is 19.5 Å². The zero-order chi connectivity index (χ0) is 15.8. The van der Waals surface area contributed by atoms with Gasteiger partial charge in [-0.3, -0.25) is 4.79 Å². The van der Waals surface area contributed by atoms with E-state index in [-0.39, 0.29) is 6.54 Å². The molecule has 0 spiro atoms. The van der Waals surface area contributed by atoms with Gasteiger partial charge in [0.2, 0.25) is 0 Å². The Balaban J connectivity index is 2.57. The van der Waals surface area contributed by atoms with Gasteiger partial charge in [0.05, 0.1) is 13.0 Å². The lowest BCUT2D eigenvalue weighted by Gasteiger charge is -2.16. The number of urea groups is 1. The molecule has 0 aliphatic carbocycles. The molecule has 2 atom stereocenters. The van der Waals surface area contributed by atoms with Crippen LogP contribution >= 0.6 is 0 Å². The molecule has 0 aliphatic rings. The summed E-state index contributed by atoms with van der Waals surface area (Å²) >= 11 is 0. The van der Waals surface area contributed by atoms with Gasteiger partial charge in [0, 0.05) is 6.54 Å². The summed E-state index contributed by atoms with van der Waals surface area (Å²) in [7, 11) is 1.22. The Bertz CT molecular complexity index is 503. The van der Waals surface area contributed by atoms with Crippen LogP contribution in [-0.4, -0.2) is 42.8 Å². The maximum absolute atomic E-state index is 11.6. The van der Waals surface area contributed by atoms with E-state index < -0.39 is 29.9 Å². The zero-order valence-electron chi connectivity index (χ0n) is 11.8. The Labute approximate surface area is 122 Å². The smallest absolute Gasteiger partial charge is 0.328 e. The van der Waals surface area contributed by atoms with Crippen LogP contribution < -0.4 is 10.6 Å². The summed E-state index contributed by atoms with van der Waals surface area (Å²) < 4.78 is 4.47. The summed E-state index contributed by atoms with van der Waals surface area (Å²) in [6.45, 7) is 1.39. The first kappa shape index (κ1) is 16.5. The second kappa shape index (κ2) is 7.88. The van der Waals surface area contributed by atoms with Crippen molar-refractivity contribution < 1.29 is 24.2 Å². The Kier molecular flexibility index (Phi) is 6.19. The van der Waals surface area contributed by atoms with E-state index in [0.29, 0.717) is 5.56 Å². The quantitative estimate of drug-likeness (QED) is 0.670. The number of ether oxygens (including phenoxy) is 1. The number of hydrogen-bond donors (Lipinski definition) is 3. The van der Waals surface area contributed by atoms with E-state index in [1.807, 2.05) is 0 Å². The molecular formula is C14H18N2O5. The van der Waals surface area contributed by atoms with E-state index in [0.717, 1.165) is 0 Å². The molecule has 21 heavy (non-hydrogen) atoms. The third-order valence-electron chi connectivity index (χ3n) is 2.87. The normalized spacial score (nSPS) is 12.9. The molecule has 0 saturated carbocycles. The summed E-state index contributed by atoms with van der Waals surface area (Å²) in [5.74, 6) is -2.48. The van der Waals surface area contributed by atoms with E-state index in [1.54, 1.807) is 30.3 Å². The molecule has 7 nitrogen and oxygen atoms in total. The minimum Gasteiger partial charge on any atom is -0.481 e. The van der Waals surface area contributed by atoms with Crippen LogP contribution in [0.15, 0.2) is 30.3 Å². The SMILES string of the molecule is COC(=O)C(C)NC(=O)NCC(C(=O)O)c1ccccc1. The largest absolute Gasteiger partial charge is 0.481 e. The maximum Gasteiger partial charge on any atom is 0.328 e. The fourth-order valence-electron chi connectivity index (χ4n) is 1.71. The zero-order valence-corrected chi connectivity index (χ0v) is 11.8. The topological polar surface area (TPSA) is 105 Å². The molecule has 3 N–H and O–H groups in total. The average Bonchev–Trinajstić information content (AvgIpc) is 2.47. The van der Waals surface area contributed by atoms with Gasteiger partial charge >= 0.3 is 18.0 Å². The first-order chi connectivity index (χ1) is 9.95. The molecule has 0 radical (unpaired) electrons. The van der Waals surface area contributed by atoms with Crippen molar-refractivity contribution in [3.8, 4) is 0 Å². The summed E-state index contributed by atoms with van der Waals surface area (Å²) in [5.41, 5.74) is 0.589. The van der Waals surface area contributed by atoms with Crippen LogP contribution in [0.2, 0.25) is 0 Å². The van der Waals surface area contributed by atoms with Gasteiger partial charge in [-0.15, -0.1) is 0 Å². The minimum absolute atomic E-state index is 0.0843. The summed E-state index contributed by atoms with van der Waals surface area (Å²) in [5, 5.41) is 14.0. The number of carbonyl (C=O) groups is 3. The van der Waals surface area contributed by atoms with E-state index in [4.69, 9.17) is 0 Å². The van der Waals surface area contributed by atoms with E-state index in [2.05, 4.69) is 15.4 Å². The van der Waals surface area contributed by atoms with Crippen LogP contribution in [0.1, 0.15) is 18.4 Å². The number of nitrogens with one attached hydrogen (secondary N) is 2. The minimum atomic E-state index is -1.04.